The van der Waals surface area contributed by atoms with E-state index in [2.05, 4.69) is 19.1 Å². The summed E-state index contributed by atoms with van der Waals surface area (Å²) in [4.78, 5) is 0. The van der Waals surface area contributed by atoms with Crippen molar-refractivity contribution >= 4 is 0 Å². The van der Waals surface area contributed by atoms with E-state index in [0.717, 1.165) is 24.2 Å². The molecular weight excluding hydrogens is 188 g/mol. The molecule has 0 heterocycles. The van der Waals surface area contributed by atoms with Crippen LogP contribution in [0.4, 0.5) is 0 Å². The van der Waals surface area contributed by atoms with Crippen LogP contribution in [0.15, 0.2) is 18.2 Å². The lowest BCUT2D eigenvalue weighted by atomic mass is 10.1. The molecule has 0 aromatic heterocycles. The zero-order valence-electron chi connectivity index (χ0n) is 9.79. The average molecular weight is 208 g/mol. The molecule has 0 aliphatic heterocycles. The summed E-state index contributed by atoms with van der Waals surface area (Å²) in [6.45, 7) is 6.29. The first-order valence-corrected chi connectivity index (χ1v) is 5.54. The molecule has 0 saturated carbocycles. The summed E-state index contributed by atoms with van der Waals surface area (Å²) in [5, 5.41) is 9.12. The highest BCUT2D eigenvalue weighted by Gasteiger charge is 2.02. The molecular formula is C13H20O2. The van der Waals surface area contributed by atoms with Crippen molar-refractivity contribution < 1.29 is 9.84 Å². The second-order valence-electron chi connectivity index (χ2n) is 4.01. The first-order chi connectivity index (χ1) is 7.13. The van der Waals surface area contributed by atoms with Crippen molar-refractivity contribution in [2.75, 3.05) is 6.61 Å². The molecule has 2 nitrogen and oxygen atoms in total. The van der Waals surface area contributed by atoms with Crippen molar-refractivity contribution in [2.24, 2.45) is 0 Å². The predicted molar refractivity (Wildman–Crippen MR) is 62.3 cm³/mol. The molecule has 0 saturated heterocycles. The van der Waals surface area contributed by atoms with Gasteiger partial charge in [0.1, 0.15) is 12.4 Å². The Labute approximate surface area is 91.9 Å². The normalized spacial score (nSPS) is 12.5. The largest absolute Gasteiger partial charge is 0.491 e. The quantitative estimate of drug-likeness (QED) is 0.806. The third-order valence-electron chi connectivity index (χ3n) is 2.26. The SMILES string of the molecule is CCCc1ccc(OCC(C)O)c(C)c1. The van der Waals surface area contributed by atoms with Crippen molar-refractivity contribution in [2.45, 2.75) is 39.7 Å². The lowest BCUT2D eigenvalue weighted by molar-refractivity contribution is 0.122. The molecule has 1 aromatic rings. The standard InChI is InChI=1S/C13H20O2/c1-4-5-12-6-7-13(10(2)8-12)15-9-11(3)14/h6-8,11,14H,4-5,9H2,1-3H3. The van der Waals surface area contributed by atoms with Gasteiger partial charge in [-0.1, -0.05) is 25.5 Å². The summed E-state index contributed by atoms with van der Waals surface area (Å²) in [7, 11) is 0. The highest BCUT2D eigenvalue weighted by atomic mass is 16.5. The summed E-state index contributed by atoms with van der Waals surface area (Å²) in [6.07, 6.45) is 1.85. The van der Waals surface area contributed by atoms with Crippen LogP contribution in [0.25, 0.3) is 0 Å². The molecule has 0 aliphatic carbocycles. The lowest BCUT2D eigenvalue weighted by Crippen LogP contribution is -2.13. The first-order valence-electron chi connectivity index (χ1n) is 5.54. The van der Waals surface area contributed by atoms with E-state index in [4.69, 9.17) is 9.84 Å². The van der Waals surface area contributed by atoms with E-state index in [1.54, 1.807) is 6.92 Å². The van der Waals surface area contributed by atoms with Crippen LogP contribution in [0.5, 0.6) is 5.75 Å². The molecule has 1 aromatic carbocycles. The minimum atomic E-state index is -0.417. The molecule has 0 aliphatic rings. The Morgan fingerprint density at radius 1 is 1.40 bits per heavy atom. The third-order valence-corrected chi connectivity index (χ3v) is 2.26. The molecule has 1 atom stereocenters. The number of benzene rings is 1. The number of aryl methyl sites for hydroxylation is 2. The van der Waals surface area contributed by atoms with E-state index in [1.165, 1.54) is 5.56 Å². The van der Waals surface area contributed by atoms with Gasteiger partial charge in [-0.2, -0.15) is 0 Å². The maximum atomic E-state index is 9.12. The van der Waals surface area contributed by atoms with Crippen molar-refractivity contribution in [3.05, 3.63) is 29.3 Å². The Morgan fingerprint density at radius 2 is 2.13 bits per heavy atom. The predicted octanol–water partition coefficient (Wildman–Crippen LogP) is 2.71. The molecule has 1 rings (SSSR count). The molecule has 0 fully saturated rings. The molecule has 1 unspecified atom stereocenters. The maximum Gasteiger partial charge on any atom is 0.122 e. The minimum Gasteiger partial charge on any atom is -0.491 e. The Bertz CT molecular complexity index is 305. The van der Waals surface area contributed by atoms with E-state index in [1.807, 2.05) is 13.0 Å². The first kappa shape index (κ1) is 12.1. The minimum absolute atomic E-state index is 0.355. The van der Waals surface area contributed by atoms with E-state index >= 15 is 0 Å². The molecule has 1 N–H and O–H groups in total. The van der Waals surface area contributed by atoms with Crippen molar-refractivity contribution in [1.82, 2.24) is 0 Å². The average Bonchev–Trinajstić information content (AvgIpc) is 2.17. The molecule has 2 heteroatoms. The van der Waals surface area contributed by atoms with Crippen molar-refractivity contribution in [3.63, 3.8) is 0 Å². The highest BCUT2D eigenvalue weighted by Crippen LogP contribution is 2.20. The van der Waals surface area contributed by atoms with E-state index in [0.29, 0.717) is 6.61 Å². The van der Waals surface area contributed by atoms with Gasteiger partial charge in [0, 0.05) is 0 Å². The van der Waals surface area contributed by atoms with Gasteiger partial charge in [0.25, 0.3) is 0 Å². The molecule has 0 radical (unpaired) electrons. The number of aliphatic hydroxyl groups excluding tert-OH is 1. The topological polar surface area (TPSA) is 29.5 Å². The zero-order chi connectivity index (χ0) is 11.3. The van der Waals surface area contributed by atoms with Crippen LogP contribution in [0.2, 0.25) is 0 Å². The number of aliphatic hydroxyl groups is 1. The Kier molecular flexibility index (Phi) is 4.63. The molecule has 15 heavy (non-hydrogen) atoms. The summed E-state index contributed by atoms with van der Waals surface area (Å²) in [5.41, 5.74) is 2.49. The summed E-state index contributed by atoms with van der Waals surface area (Å²) < 4.78 is 5.48. The number of hydrogen-bond donors (Lipinski definition) is 1. The maximum absolute atomic E-state index is 9.12. The van der Waals surface area contributed by atoms with Crippen LogP contribution >= 0.6 is 0 Å². The van der Waals surface area contributed by atoms with Crippen LogP contribution in [-0.4, -0.2) is 17.8 Å². The second kappa shape index (κ2) is 5.76. The second-order valence-corrected chi connectivity index (χ2v) is 4.01. The molecule has 84 valence electrons. The van der Waals surface area contributed by atoms with Gasteiger partial charge in [0.15, 0.2) is 0 Å². The van der Waals surface area contributed by atoms with Crippen LogP contribution in [0, 0.1) is 6.92 Å². The summed E-state index contributed by atoms with van der Waals surface area (Å²) >= 11 is 0. The van der Waals surface area contributed by atoms with Crippen molar-refractivity contribution in [3.8, 4) is 5.75 Å². The fourth-order valence-electron chi connectivity index (χ4n) is 1.53. The van der Waals surface area contributed by atoms with Gasteiger partial charge in [-0.05, 0) is 37.5 Å². The molecule has 0 bridgehead atoms. The van der Waals surface area contributed by atoms with Gasteiger partial charge in [0.2, 0.25) is 0 Å². The lowest BCUT2D eigenvalue weighted by Gasteiger charge is -2.11. The van der Waals surface area contributed by atoms with Gasteiger partial charge in [-0.3, -0.25) is 0 Å². The number of ether oxygens (including phenoxy) is 1. The van der Waals surface area contributed by atoms with Crippen LogP contribution in [0.3, 0.4) is 0 Å². The van der Waals surface area contributed by atoms with Crippen LogP contribution in [-0.2, 0) is 6.42 Å². The Balaban J connectivity index is 2.66. The Hall–Kier alpha value is -1.02. The van der Waals surface area contributed by atoms with E-state index < -0.39 is 6.10 Å². The molecule has 0 spiro atoms. The van der Waals surface area contributed by atoms with Crippen LogP contribution < -0.4 is 4.74 Å². The highest BCUT2D eigenvalue weighted by molar-refractivity contribution is 5.36. The fraction of sp³-hybridized carbons (Fsp3) is 0.538. The Morgan fingerprint density at radius 3 is 2.67 bits per heavy atom. The fourth-order valence-corrected chi connectivity index (χ4v) is 1.53. The van der Waals surface area contributed by atoms with Gasteiger partial charge in [-0.25, -0.2) is 0 Å². The van der Waals surface area contributed by atoms with Gasteiger partial charge >= 0.3 is 0 Å². The third kappa shape index (κ3) is 3.92. The van der Waals surface area contributed by atoms with E-state index in [9.17, 15) is 0 Å². The smallest absolute Gasteiger partial charge is 0.122 e. The van der Waals surface area contributed by atoms with Crippen LogP contribution in [0.1, 0.15) is 31.4 Å². The van der Waals surface area contributed by atoms with Gasteiger partial charge < -0.3 is 9.84 Å². The number of rotatable bonds is 5. The zero-order valence-corrected chi connectivity index (χ0v) is 9.79. The molecule has 0 amide bonds. The summed E-state index contributed by atoms with van der Waals surface area (Å²) in [5.74, 6) is 0.871. The van der Waals surface area contributed by atoms with Crippen molar-refractivity contribution in [1.29, 1.82) is 0 Å². The van der Waals surface area contributed by atoms with Gasteiger partial charge in [-0.15, -0.1) is 0 Å². The van der Waals surface area contributed by atoms with Gasteiger partial charge in [0.05, 0.1) is 6.10 Å². The summed E-state index contributed by atoms with van der Waals surface area (Å²) in [6, 6.07) is 6.23. The van der Waals surface area contributed by atoms with E-state index in [-0.39, 0.29) is 0 Å². The number of hydrogen-bond acceptors (Lipinski definition) is 2. The monoisotopic (exact) mass is 208 g/mol.